The van der Waals surface area contributed by atoms with Crippen molar-refractivity contribution < 1.29 is 9.53 Å². The largest absolute Gasteiger partial charge is 0.456 e. The van der Waals surface area contributed by atoms with E-state index >= 15 is 0 Å². The van der Waals surface area contributed by atoms with E-state index in [2.05, 4.69) is 6.58 Å². The number of allylic oxidation sites excluding steroid dienone is 3. The Kier molecular flexibility index (Phi) is 4.92. The summed E-state index contributed by atoms with van der Waals surface area (Å²) in [5.74, 6) is -0.324. The van der Waals surface area contributed by atoms with E-state index in [0.717, 1.165) is 0 Å². The summed E-state index contributed by atoms with van der Waals surface area (Å²) in [6.45, 7) is 10.9. The Labute approximate surface area is 86.0 Å². The quantitative estimate of drug-likeness (QED) is 0.392. The van der Waals surface area contributed by atoms with Gasteiger partial charge in [0, 0.05) is 0 Å². The highest BCUT2D eigenvalue weighted by molar-refractivity contribution is 5.92. The molecule has 0 unspecified atom stereocenters. The molecule has 0 aliphatic rings. The second kappa shape index (κ2) is 5.43. The molecule has 0 aliphatic heterocycles. The van der Waals surface area contributed by atoms with Crippen molar-refractivity contribution in [1.82, 2.24) is 0 Å². The maximum Gasteiger partial charge on any atom is 0.338 e. The molecule has 0 atom stereocenters. The molecular formula is C12H18O2. The van der Waals surface area contributed by atoms with Crippen molar-refractivity contribution in [2.24, 2.45) is 0 Å². The second-order valence-corrected chi connectivity index (χ2v) is 3.86. The van der Waals surface area contributed by atoms with E-state index in [1.54, 1.807) is 24.3 Å². The van der Waals surface area contributed by atoms with Crippen LogP contribution < -0.4 is 0 Å². The topological polar surface area (TPSA) is 26.3 Å². The van der Waals surface area contributed by atoms with Crippen LogP contribution in [0.5, 0.6) is 0 Å². The van der Waals surface area contributed by atoms with Crippen molar-refractivity contribution in [3.8, 4) is 0 Å². The van der Waals surface area contributed by atoms with E-state index in [4.69, 9.17) is 4.74 Å². The number of carbonyl (C=O) groups is 1. The van der Waals surface area contributed by atoms with Gasteiger partial charge in [-0.25, -0.2) is 4.79 Å². The van der Waals surface area contributed by atoms with Gasteiger partial charge in [0.2, 0.25) is 0 Å². The van der Waals surface area contributed by atoms with Crippen molar-refractivity contribution in [3.63, 3.8) is 0 Å². The van der Waals surface area contributed by atoms with E-state index in [9.17, 15) is 4.79 Å². The van der Waals surface area contributed by atoms with Crippen LogP contribution in [0.25, 0.3) is 0 Å². The molecule has 0 N–H and O–H groups in total. The SMILES string of the molecule is C=C/C=C(\C=C/C)C(=O)OC(C)(C)C. The van der Waals surface area contributed by atoms with Gasteiger partial charge in [-0.2, -0.15) is 0 Å². The zero-order valence-electron chi connectivity index (χ0n) is 9.33. The summed E-state index contributed by atoms with van der Waals surface area (Å²) in [7, 11) is 0. The van der Waals surface area contributed by atoms with Crippen LogP contribution in [0.3, 0.4) is 0 Å². The summed E-state index contributed by atoms with van der Waals surface area (Å²) in [4.78, 5) is 11.5. The predicted octanol–water partition coefficient (Wildman–Crippen LogP) is 3.02. The highest BCUT2D eigenvalue weighted by atomic mass is 16.6. The Hall–Kier alpha value is -1.31. The van der Waals surface area contributed by atoms with Gasteiger partial charge in [-0.3, -0.25) is 0 Å². The van der Waals surface area contributed by atoms with Gasteiger partial charge in [0.05, 0.1) is 5.57 Å². The van der Waals surface area contributed by atoms with Gasteiger partial charge in [-0.05, 0) is 33.8 Å². The minimum absolute atomic E-state index is 0.324. The van der Waals surface area contributed by atoms with Crippen LogP contribution >= 0.6 is 0 Å². The Morgan fingerprint density at radius 2 is 1.93 bits per heavy atom. The molecule has 2 heteroatoms. The average molecular weight is 194 g/mol. The molecule has 0 aromatic carbocycles. The zero-order valence-corrected chi connectivity index (χ0v) is 9.33. The van der Waals surface area contributed by atoms with Crippen molar-refractivity contribution in [2.45, 2.75) is 33.3 Å². The molecule has 0 fully saturated rings. The molecule has 2 nitrogen and oxygen atoms in total. The third kappa shape index (κ3) is 5.36. The van der Waals surface area contributed by atoms with Crippen molar-refractivity contribution in [3.05, 3.63) is 36.5 Å². The minimum atomic E-state index is -0.459. The highest BCUT2D eigenvalue weighted by Crippen LogP contribution is 2.11. The minimum Gasteiger partial charge on any atom is -0.456 e. The van der Waals surface area contributed by atoms with Crippen molar-refractivity contribution >= 4 is 5.97 Å². The average Bonchev–Trinajstić information content (AvgIpc) is 2.01. The van der Waals surface area contributed by atoms with E-state index in [0.29, 0.717) is 5.57 Å². The number of rotatable bonds is 3. The Morgan fingerprint density at radius 1 is 1.36 bits per heavy atom. The Bertz CT molecular complexity index is 265. The van der Waals surface area contributed by atoms with E-state index < -0.39 is 5.60 Å². The summed E-state index contributed by atoms with van der Waals surface area (Å²) in [6.07, 6.45) is 6.70. The van der Waals surface area contributed by atoms with Crippen LogP contribution in [-0.2, 0) is 9.53 Å². The summed E-state index contributed by atoms with van der Waals surface area (Å²) >= 11 is 0. The number of carbonyl (C=O) groups excluding carboxylic acids is 1. The smallest absolute Gasteiger partial charge is 0.338 e. The van der Waals surface area contributed by atoms with Crippen LogP contribution in [0.15, 0.2) is 36.5 Å². The van der Waals surface area contributed by atoms with Gasteiger partial charge in [0.25, 0.3) is 0 Å². The fourth-order valence-corrected chi connectivity index (χ4v) is 0.835. The van der Waals surface area contributed by atoms with Crippen LogP contribution in [0.2, 0.25) is 0 Å². The monoisotopic (exact) mass is 194 g/mol. The molecular weight excluding hydrogens is 176 g/mol. The first kappa shape index (κ1) is 12.7. The lowest BCUT2D eigenvalue weighted by atomic mass is 10.1. The van der Waals surface area contributed by atoms with Gasteiger partial charge in [-0.15, -0.1) is 0 Å². The molecule has 0 radical (unpaired) electrons. The van der Waals surface area contributed by atoms with Crippen molar-refractivity contribution in [1.29, 1.82) is 0 Å². The predicted molar refractivity (Wildman–Crippen MR) is 58.9 cm³/mol. The molecule has 0 aromatic rings. The summed E-state index contributed by atoms with van der Waals surface area (Å²) in [5.41, 5.74) is 0.0521. The fourth-order valence-electron chi connectivity index (χ4n) is 0.835. The first-order valence-corrected chi connectivity index (χ1v) is 4.59. The zero-order chi connectivity index (χ0) is 11.2. The second-order valence-electron chi connectivity index (χ2n) is 3.86. The first-order chi connectivity index (χ1) is 6.40. The highest BCUT2D eigenvalue weighted by Gasteiger charge is 2.17. The maximum atomic E-state index is 11.5. The van der Waals surface area contributed by atoms with Crippen molar-refractivity contribution in [2.75, 3.05) is 0 Å². The van der Waals surface area contributed by atoms with Crippen LogP contribution in [0, 0.1) is 0 Å². The van der Waals surface area contributed by atoms with Gasteiger partial charge in [0.1, 0.15) is 5.60 Å². The lowest BCUT2D eigenvalue weighted by Crippen LogP contribution is -2.24. The van der Waals surface area contributed by atoms with Crippen LogP contribution in [0.1, 0.15) is 27.7 Å². The van der Waals surface area contributed by atoms with E-state index in [1.807, 2.05) is 27.7 Å². The van der Waals surface area contributed by atoms with E-state index in [1.165, 1.54) is 0 Å². The Morgan fingerprint density at radius 3 is 2.29 bits per heavy atom. The van der Waals surface area contributed by atoms with Gasteiger partial charge in [0.15, 0.2) is 0 Å². The number of hydrogen-bond acceptors (Lipinski definition) is 2. The summed E-state index contributed by atoms with van der Waals surface area (Å²) < 4.78 is 5.20. The summed E-state index contributed by atoms with van der Waals surface area (Å²) in [5, 5.41) is 0. The van der Waals surface area contributed by atoms with E-state index in [-0.39, 0.29) is 5.97 Å². The molecule has 0 amide bonds. The number of esters is 1. The lowest BCUT2D eigenvalue weighted by Gasteiger charge is -2.19. The number of hydrogen-bond donors (Lipinski definition) is 0. The normalized spacial score (nSPS) is 13.0. The maximum absolute atomic E-state index is 11.5. The molecule has 0 saturated heterocycles. The molecule has 0 aromatic heterocycles. The molecule has 0 rings (SSSR count). The molecule has 14 heavy (non-hydrogen) atoms. The standard InChI is InChI=1S/C12H18O2/c1-6-8-10(9-7-2)11(13)14-12(3,4)5/h6-9H,1H2,2-5H3/b9-7-,10-8+. The van der Waals surface area contributed by atoms with Gasteiger partial charge < -0.3 is 4.74 Å². The molecule has 0 saturated carbocycles. The third-order valence-electron chi connectivity index (χ3n) is 1.28. The number of ether oxygens (including phenoxy) is 1. The first-order valence-electron chi connectivity index (χ1n) is 4.59. The molecule has 0 heterocycles. The molecule has 0 aliphatic carbocycles. The Balaban J connectivity index is 4.63. The molecule has 78 valence electrons. The van der Waals surface area contributed by atoms with Crippen LogP contribution in [0.4, 0.5) is 0 Å². The third-order valence-corrected chi connectivity index (χ3v) is 1.28. The van der Waals surface area contributed by atoms with Gasteiger partial charge in [-0.1, -0.05) is 24.8 Å². The fraction of sp³-hybridized carbons (Fsp3) is 0.417. The van der Waals surface area contributed by atoms with Gasteiger partial charge >= 0.3 is 5.97 Å². The lowest BCUT2D eigenvalue weighted by molar-refractivity contribution is -0.149. The summed E-state index contributed by atoms with van der Waals surface area (Å²) in [6, 6.07) is 0. The molecule has 0 bridgehead atoms. The van der Waals surface area contributed by atoms with Crippen LogP contribution in [-0.4, -0.2) is 11.6 Å². The molecule has 0 spiro atoms.